The molecule has 106 valence electrons. The van der Waals surface area contributed by atoms with Gasteiger partial charge in [-0.1, -0.05) is 12.1 Å². The van der Waals surface area contributed by atoms with E-state index < -0.39 is 17.4 Å². The van der Waals surface area contributed by atoms with E-state index in [9.17, 15) is 9.18 Å². The number of thiazole rings is 1. The van der Waals surface area contributed by atoms with E-state index in [2.05, 4.69) is 4.98 Å². The molecule has 0 radical (unpaired) electrons. The van der Waals surface area contributed by atoms with Crippen LogP contribution in [0.4, 0.5) is 4.39 Å². The summed E-state index contributed by atoms with van der Waals surface area (Å²) in [5, 5.41) is 0.614. The molecule has 0 bridgehead atoms. The molecular formula is C15H16FNO2S. The lowest BCUT2D eigenvalue weighted by molar-refractivity contribution is 0.00657. The van der Waals surface area contributed by atoms with Gasteiger partial charge >= 0.3 is 5.97 Å². The van der Waals surface area contributed by atoms with Crippen molar-refractivity contribution < 1.29 is 13.9 Å². The van der Waals surface area contributed by atoms with Crippen LogP contribution >= 0.6 is 11.3 Å². The maximum absolute atomic E-state index is 14.0. The summed E-state index contributed by atoms with van der Waals surface area (Å²) < 4.78 is 19.3. The van der Waals surface area contributed by atoms with E-state index in [4.69, 9.17) is 4.74 Å². The van der Waals surface area contributed by atoms with Crippen molar-refractivity contribution in [2.45, 2.75) is 33.3 Å². The van der Waals surface area contributed by atoms with Gasteiger partial charge in [-0.15, -0.1) is 11.3 Å². The van der Waals surface area contributed by atoms with Crippen molar-refractivity contribution in [2.75, 3.05) is 0 Å². The molecule has 0 atom stereocenters. The predicted molar refractivity (Wildman–Crippen MR) is 77.4 cm³/mol. The SMILES string of the molecule is Cc1cnc(-c2cccc(F)c2C(=O)OC(C)(C)C)s1. The summed E-state index contributed by atoms with van der Waals surface area (Å²) in [4.78, 5) is 17.4. The molecule has 3 nitrogen and oxygen atoms in total. The Labute approximate surface area is 121 Å². The van der Waals surface area contributed by atoms with E-state index in [-0.39, 0.29) is 5.56 Å². The Balaban J connectivity index is 2.49. The van der Waals surface area contributed by atoms with Gasteiger partial charge in [0.15, 0.2) is 0 Å². The molecule has 0 spiro atoms. The molecule has 0 aliphatic carbocycles. The summed E-state index contributed by atoms with van der Waals surface area (Å²) >= 11 is 1.41. The number of hydrogen-bond donors (Lipinski definition) is 0. The van der Waals surface area contributed by atoms with Crippen molar-refractivity contribution in [1.29, 1.82) is 0 Å². The first-order valence-corrected chi connectivity index (χ1v) is 7.04. The van der Waals surface area contributed by atoms with Crippen molar-refractivity contribution in [3.63, 3.8) is 0 Å². The van der Waals surface area contributed by atoms with Gasteiger partial charge in [-0.25, -0.2) is 14.2 Å². The van der Waals surface area contributed by atoms with Crippen molar-refractivity contribution in [1.82, 2.24) is 4.98 Å². The van der Waals surface area contributed by atoms with Crippen LogP contribution in [0.25, 0.3) is 10.6 Å². The maximum atomic E-state index is 14.0. The lowest BCUT2D eigenvalue weighted by atomic mass is 10.1. The van der Waals surface area contributed by atoms with Crippen molar-refractivity contribution in [3.05, 3.63) is 40.7 Å². The average molecular weight is 293 g/mol. The highest BCUT2D eigenvalue weighted by Gasteiger charge is 2.25. The van der Waals surface area contributed by atoms with Crippen LogP contribution in [0, 0.1) is 12.7 Å². The molecule has 0 fully saturated rings. The first-order chi connectivity index (χ1) is 9.28. The molecule has 0 aliphatic heterocycles. The number of halogens is 1. The fourth-order valence-electron chi connectivity index (χ4n) is 1.72. The van der Waals surface area contributed by atoms with Gasteiger partial charge < -0.3 is 4.74 Å². The molecule has 0 N–H and O–H groups in total. The minimum absolute atomic E-state index is 0.0585. The predicted octanol–water partition coefficient (Wildman–Crippen LogP) is 4.21. The van der Waals surface area contributed by atoms with Gasteiger partial charge in [0.2, 0.25) is 0 Å². The van der Waals surface area contributed by atoms with Crippen molar-refractivity contribution >= 4 is 17.3 Å². The van der Waals surface area contributed by atoms with Gasteiger partial charge in [0, 0.05) is 16.6 Å². The Morgan fingerprint density at radius 2 is 2.05 bits per heavy atom. The second-order valence-electron chi connectivity index (χ2n) is 5.44. The molecule has 2 rings (SSSR count). The zero-order valence-corrected chi connectivity index (χ0v) is 12.7. The first-order valence-electron chi connectivity index (χ1n) is 6.22. The highest BCUT2D eigenvalue weighted by atomic mass is 32.1. The van der Waals surface area contributed by atoms with E-state index in [1.54, 1.807) is 39.1 Å². The third-order valence-corrected chi connectivity index (χ3v) is 3.41. The van der Waals surface area contributed by atoms with Crippen LogP contribution in [0.3, 0.4) is 0 Å². The lowest BCUT2D eigenvalue weighted by Crippen LogP contribution is -2.25. The molecule has 20 heavy (non-hydrogen) atoms. The van der Waals surface area contributed by atoms with E-state index in [1.165, 1.54) is 17.4 Å². The van der Waals surface area contributed by atoms with E-state index in [1.807, 2.05) is 6.92 Å². The van der Waals surface area contributed by atoms with Crippen LogP contribution in [-0.4, -0.2) is 16.6 Å². The number of esters is 1. The third kappa shape index (κ3) is 3.22. The highest BCUT2D eigenvalue weighted by Crippen LogP contribution is 2.30. The van der Waals surface area contributed by atoms with Gasteiger partial charge in [-0.3, -0.25) is 0 Å². The number of aromatic nitrogens is 1. The monoisotopic (exact) mass is 293 g/mol. The number of benzene rings is 1. The van der Waals surface area contributed by atoms with E-state index in [0.717, 1.165) is 4.88 Å². The summed E-state index contributed by atoms with van der Waals surface area (Å²) in [6.45, 7) is 7.16. The summed E-state index contributed by atoms with van der Waals surface area (Å²) in [5.74, 6) is -1.26. The number of nitrogens with zero attached hydrogens (tertiary/aromatic N) is 1. The quantitative estimate of drug-likeness (QED) is 0.778. The number of aryl methyl sites for hydroxylation is 1. The summed E-state index contributed by atoms with van der Waals surface area (Å²) in [6.07, 6.45) is 1.70. The zero-order chi connectivity index (χ0) is 14.9. The number of rotatable bonds is 2. The fraction of sp³-hybridized carbons (Fsp3) is 0.333. The summed E-state index contributed by atoms with van der Waals surface area (Å²) in [5.41, 5.74) is -0.260. The number of carbonyl (C=O) groups excluding carboxylic acids is 1. The minimum Gasteiger partial charge on any atom is -0.456 e. The molecule has 1 aromatic heterocycles. The Morgan fingerprint density at radius 3 is 2.60 bits per heavy atom. The van der Waals surface area contributed by atoms with Crippen LogP contribution in [0.5, 0.6) is 0 Å². The number of carbonyl (C=O) groups is 1. The van der Waals surface area contributed by atoms with Crippen molar-refractivity contribution in [2.24, 2.45) is 0 Å². The Kier molecular flexibility index (Phi) is 3.90. The highest BCUT2D eigenvalue weighted by molar-refractivity contribution is 7.15. The molecule has 0 aliphatic rings. The molecule has 0 saturated heterocycles. The number of ether oxygens (including phenoxy) is 1. The number of hydrogen-bond acceptors (Lipinski definition) is 4. The summed E-state index contributed by atoms with van der Waals surface area (Å²) in [7, 11) is 0. The lowest BCUT2D eigenvalue weighted by Gasteiger charge is -2.20. The third-order valence-electron chi connectivity index (χ3n) is 2.47. The first kappa shape index (κ1) is 14.7. The second kappa shape index (κ2) is 5.32. The Hall–Kier alpha value is -1.75. The van der Waals surface area contributed by atoms with Gasteiger partial charge in [0.05, 0.1) is 0 Å². The molecule has 5 heteroatoms. The van der Waals surface area contributed by atoms with Gasteiger partial charge in [0.1, 0.15) is 22.0 Å². The molecule has 2 aromatic rings. The Morgan fingerprint density at radius 1 is 1.35 bits per heavy atom. The van der Waals surface area contributed by atoms with Crippen molar-refractivity contribution in [3.8, 4) is 10.6 Å². The molecule has 0 saturated carbocycles. The molecule has 0 unspecified atom stereocenters. The summed E-state index contributed by atoms with van der Waals surface area (Å²) in [6, 6.07) is 4.50. The molecular weight excluding hydrogens is 277 g/mol. The van der Waals surface area contributed by atoms with Crippen LogP contribution in [0.15, 0.2) is 24.4 Å². The zero-order valence-electron chi connectivity index (χ0n) is 11.9. The fourth-order valence-corrected chi connectivity index (χ4v) is 2.51. The van der Waals surface area contributed by atoms with Crippen LogP contribution in [0.1, 0.15) is 36.0 Å². The van der Waals surface area contributed by atoms with Gasteiger partial charge in [0.25, 0.3) is 0 Å². The van der Waals surface area contributed by atoms with E-state index in [0.29, 0.717) is 10.6 Å². The van der Waals surface area contributed by atoms with Crippen LogP contribution in [-0.2, 0) is 4.74 Å². The van der Waals surface area contributed by atoms with Crippen LogP contribution in [0.2, 0.25) is 0 Å². The topological polar surface area (TPSA) is 39.2 Å². The maximum Gasteiger partial charge on any atom is 0.342 e. The largest absolute Gasteiger partial charge is 0.456 e. The smallest absolute Gasteiger partial charge is 0.342 e. The minimum atomic E-state index is -0.671. The standard InChI is InChI=1S/C15H16FNO2S/c1-9-8-17-13(20-9)10-6-5-7-11(16)12(10)14(18)19-15(2,3)4/h5-8H,1-4H3. The Bertz CT molecular complexity index is 644. The van der Waals surface area contributed by atoms with Gasteiger partial charge in [-0.05, 0) is 33.8 Å². The van der Waals surface area contributed by atoms with Gasteiger partial charge in [-0.2, -0.15) is 0 Å². The average Bonchev–Trinajstić information content (AvgIpc) is 2.73. The normalized spacial score (nSPS) is 11.4. The van der Waals surface area contributed by atoms with Crippen LogP contribution < -0.4 is 0 Å². The molecule has 1 heterocycles. The second-order valence-corrected chi connectivity index (χ2v) is 6.68. The molecule has 1 aromatic carbocycles. The van der Waals surface area contributed by atoms with E-state index >= 15 is 0 Å². The molecule has 0 amide bonds.